The Kier molecular flexibility index (Phi) is 6.01. The topological polar surface area (TPSA) is 67.4 Å². The van der Waals surface area contributed by atoms with E-state index in [4.69, 9.17) is 4.74 Å². The van der Waals surface area contributed by atoms with Crippen LogP contribution in [-0.4, -0.2) is 30.7 Å². The monoisotopic (exact) mass is 330 g/mol. The molecule has 0 heterocycles. The van der Waals surface area contributed by atoms with Crippen LogP contribution in [0.25, 0.3) is 5.57 Å². The molecule has 0 saturated heterocycles. The molecular formula is C19H26N2O3. The lowest BCUT2D eigenvalue weighted by molar-refractivity contribution is -0.120. The third-order valence-corrected chi connectivity index (χ3v) is 3.66. The second-order valence-electron chi connectivity index (χ2n) is 6.88. The van der Waals surface area contributed by atoms with Gasteiger partial charge in [-0.3, -0.25) is 4.79 Å². The first kappa shape index (κ1) is 18.0. The quantitative estimate of drug-likeness (QED) is 0.872. The van der Waals surface area contributed by atoms with Crippen LogP contribution >= 0.6 is 0 Å². The lowest BCUT2D eigenvalue weighted by Crippen LogP contribution is -2.35. The number of benzene rings is 1. The highest BCUT2D eigenvalue weighted by Crippen LogP contribution is 2.25. The highest BCUT2D eigenvalue weighted by Gasteiger charge is 2.16. The van der Waals surface area contributed by atoms with Gasteiger partial charge in [0, 0.05) is 19.5 Å². The van der Waals surface area contributed by atoms with E-state index in [1.807, 2.05) is 12.1 Å². The highest BCUT2D eigenvalue weighted by atomic mass is 16.6. The smallest absolute Gasteiger partial charge is 0.407 e. The number of allylic oxidation sites excluding steroid dienone is 1. The van der Waals surface area contributed by atoms with Gasteiger partial charge in [-0.25, -0.2) is 4.79 Å². The lowest BCUT2D eigenvalue weighted by Gasteiger charge is -2.20. The summed E-state index contributed by atoms with van der Waals surface area (Å²) in [6.45, 7) is 6.18. The zero-order valence-electron chi connectivity index (χ0n) is 14.6. The number of hydrogen-bond donors (Lipinski definition) is 2. The van der Waals surface area contributed by atoms with Crippen LogP contribution in [0.2, 0.25) is 0 Å². The fourth-order valence-corrected chi connectivity index (χ4v) is 2.61. The van der Waals surface area contributed by atoms with Gasteiger partial charge in [-0.05, 0) is 50.3 Å². The summed E-state index contributed by atoms with van der Waals surface area (Å²) in [5.41, 5.74) is 3.17. The van der Waals surface area contributed by atoms with Gasteiger partial charge in [-0.2, -0.15) is 0 Å². The van der Waals surface area contributed by atoms with Crippen molar-refractivity contribution in [3.05, 3.63) is 41.5 Å². The molecule has 1 aromatic carbocycles. The Bertz CT molecular complexity index is 630. The zero-order valence-corrected chi connectivity index (χ0v) is 14.6. The Hall–Kier alpha value is -2.30. The number of nitrogens with one attached hydrogen (secondary N) is 2. The van der Waals surface area contributed by atoms with Gasteiger partial charge >= 0.3 is 6.09 Å². The van der Waals surface area contributed by atoms with E-state index in [2.05, 4.69) is 28.8 Å². The average molecular weight is 330 g/mol. The number of carbonyl (C=O) groups excluding carboxylic acids is 2. The lowest BCUT2D eigenvalue weighted by atomic mass is 9.91. The summed E-state index contributed by atoms with van der Waals surface area (Å²) in [5.74, 6) is -0.0880. The van der Waals surface area contributed by atoms with Gasteiger partial charge in [-0.15, -0.1) is 0 Å². The van der Waals surface area contributed by atoms with Gasteiger partial charge < -0.3 is 15.4 Å². The summed E-state index contributed by atoms with van der Waals surface area (Å²) in [6.07, 6.45) is 3.96. The summed E-state index contributed by atoms with van der Waals surface area (Å²) in [5, 5.41) is 5.50. The molecule has 0 bridgehead atoms. The molecule has 24 heavy (non-hydrogen) atoms. The predicted octanol–water partition coefficient (Wildman–Crippen LogP) is 3.05. The molecule has 0 saturated carbocycles. The molecule has 5 heteroatoms. The summed E-state index contributed by atoms with van der Waals surface area (Å²) >= 11 is 0. The Morgan fingerprint density at radius 2 is 1.92 bits per heavy atom. The summed E-state index contributed by atoms with van der Waals surface area (Å²) < 4.78 is 5.12. The molecule has 0 fully saturated rings. The molecule has 5 nitrogen and oxygen atoms in total. The van der Waals surface area contributed by atoms with Crippen molar-refractivity contribution in [2.75, 3.05) is 13.1 Å². The third-order valence-electron chi connectivity index (χ3n) is 3.66. The molecule has 0 unspecified atom stereocenters. The maximum atomic E-state index is 11.9. The molecule has 0 aliphatic heterocycles. The second-order valence-corrected chi connectivity index (χ2v) is 6.88. The van der Waals surface area contributed by atoms with Crippen molar-refractivity contribution in [3.8, 4) is 0 Å². The van der Waals surface area contributed by atoms with Gasteiger partial charge in [0.1, 0.15) is 5.60 Å². The van der Waals surface area contributed by atoms with E-state index in [0.29, 0.717) is 6.54 Å². The molecule has 0 aromatic heterocycles. The van der Waals surface area contributed by atoms with Crippen molar-refractivity contribution in [2.24, 2.45) is 0 Å². The molecule has 2 rings (SSSR count). The minimum atomic E-state index is -0.535. The molecule has 2 N–H and O–H groups in total. The Morgan fingerprint density at radius 3 is 2.67 bits per heavy atom. The molecule has 1 aromatic rings. The van der Waals surface area contributed by atoms with Crippen molar-refractivity contribution < 1.29 is 14.3 Å². The van der Waals surface area contributed by atoms with Gasteiger partial charge in [0.25, 0.3) is 0 Å². The Balaban J connectivity index is 1.72. The van der Waals surface area contributed by atoms with E-state index in [1.54, 1.807) is 20.8 Å². The number of ether oxygens (including phenoxy) is 1. The van der Waals surface area contributed by atoms with Crippen LogP contribution in [0, 0.1) is 0 Å². The third kappa shape index (κ3) is 5.72. The Labute approximate surface area is 143 Å². The van der Waals surface area contributed by atoms with Crippen LogP contribution in [-0.2, 0) is 16.0 Å². The largest absolute Gasteiger partial charge is 0.444 e. The van der Waals surface area contributed by atoms with E-state index in [9.17, 15) is 9.59 Å². The fraction of sp³-hybridized carbons (Fsp3) is 0.474. The molecular weight excluding hydrogens is 304 g/mol. The van der Waals surface area contributed by atoms with Crippen molar-refractivity contribution in [1.29, 1.82) is 0 Å². The van der Waals surface area contributed by atoms with Gasteiger partial charge in [0.15, 0.2) is 0 Å². The van der Waals surface area contributed by atoms with E-state index in [1.165, 1.54) is 11.1 Å². The van der Waals surface area contributed by atoms with E-state index < -0.39 is 11.7 Å². The number of fused-ring (bicyclic) bond motifs is 1. The van der Waals surface area contributed by atoms with Crippen molar-refractivity contribution in [1.82, 2.24) is 10.6 Å². The SMILES string of the molecule is CC(C)(C)OC(=O)NCCC(=O)NCC1=CCCc2ccccc21. The first-order valence-corrected chi connectivity index (χ1v) is 8.36. The molecule has 1 aliphatic carbocycles. The number of aryl methyl sites for hydroxylation is 1. The highest BCUT2D eigenvalue weighted by molar-refractivity contribution is 5.80. The summed E-state index contributed by atoms with van der Waals surface area (Å²) in [7, 11) is 0. The van der Waals surface area contributed by atoms with Crippen molar-refractivity contribution >= 4 is 17.6 Å². The molecule has 2 amide bonds. The maximum absolute atomic E-state index is 11.9. The minimum absolute atomic E-state index is 0.0880. The first-order valence-electron chi connectivity index (χ1n) is 8.36. The Morgan fingerprint density at radius 1 is 1.17 bits per heavy atom. The van der Waals surface area contributed by atoms with Gasteiger partial charge in [-0.1, -0.05) is 30.3 Å². The molecule has 0 spiro atoms. The van der Waals surface area contributed by atoms with Crippen molar-refractivity contribution in [2.45, 2.75) is 45.6 Å². The maximum Gasteiger partial charge on any atom is 0.407 e. The van der Waals surface area contributed by atoms with Crippen LogP contribution in [0.15, 0.2) is 30.3 Å². The predicted molar refractivity (Wildman–Crippen MR) is 94.6 cm³/mol. The van der Waals surface area contributed by atoms with Gasteiger partial charge in [0.05, 0.1) is 0 Å². The standard InChI is InChI=1S/C19H26N2O3/c1-19(2,3)24-18(23)20-12-11-17(22)21-13-15-9-6-8-14-7-4-5-10-16(14)15/h4-5,7,9-10H,6,8,11-13H2,1-3H3,(H,20,23)(H,21,22). The van der Waals surface area contributed by atoms with E-state index in [0.717, 1.165) is 18.4 Å². The number of rotatable bonds is 5. The fourth-order valence-electron chi connectivity index (χ4n) is 2.61. The number of amides is 2. The molecule has 130 valence electrons. The summed E-state index contributed by atoms with van der Waals surface area (Å²) in [4.78, 5) is 23.4. The molecule has 0 radical (unpaired) electrons. The summed E-state index contributed by atoms with van der Waals surface area (Å²) in [6, 6.07) is 8.29. The number of hydrogen-bond acceptors (Lipinski definition) is 3. The van der Waals surface area contributed by atoms with E-state index in [-0.39, 0.29) is 18.9 Å². The van der Waals surface area contributed by atoms with Crippen molar-refractivity contribution in [3.63, 3.8) is 0 Å². The van der Waals surface area contributed by atoms with Crippen LogP contribution in [0.3, 0.4) is 0 Å². The second kappa shape index (κ2) is 7.99. The zero-order chi connectivity index (χ0) is 17.6. The number of alkyl carbamates (subject to hydrolysis) is 1. The molecule has 0 atom stereocenters. The van der Waals surface area contributed by atoms with Crippen LogP contribution in [0.1, 0.15) is 44.7 Å². The first-order chi connectivity index (χ1) is 11.3. The minimum Gasteiger partial charge on any atom is -0.444 e. The molecule has 1 aliphatic rings. The van der Waals surface area contributed by atoms with Crippen LogP contribution < -0.4 is 10.6 Å². The number of carbonyl (C=O) groups is 2. The normalized spacial score (nSPS) is 13.5. The van der Waals surface area contributed by atoms with Crippen LogP contribution in [0.5, 0.6) is 0 Å². The van der Waals surface area contributed by atoms with Gasteiger partial charge in [0.2, 0.25) is 5.91 Å². The van der Waals surface area contributed by atoms with Crippen LogP contribution in [0.4, 0.5) is 4.79 Å². The average Bonchev–Trinajstić information content (AvgIpc) is 2.51. The van der Waals surface area contributed by atoms with E-state index >= 15 is 0 Å².